The Balaban J connectivity index is 4.47. The zero-order valence-electron chi connectivity index (χ0n) is 36.8. The number of unbranched alkanes of at least 4 members (excludes halogenated alkanes) is 23. The molecule has 1 amide bonds. The maximum atomic E-state index is 13.1. The van der Waals surface area contributed by atoms with E-state index in [0.29, 0.717) is 19.3 Å². The van der Waals surface area contributed by atoms with E-state index in [9.17, 15) is 19.8 Å². The van der Waals surface area contributed by atoms with Gasteiger partial charge in [0.15, 0.2) is 0 Å². The van der Waals surface area contributed by atoms with Crippen LogP contribution in [0.15, 0.2) is 60.8 Å². The highest BCUT2D eigenvalue weighted by Crippen LogP contribution is 2.17. The van der Waals surface area contributed by atoms with Crippen molar-refractivity contribution in [2.75, 3.05) is 6.61 Å². The highest BCUT2D eigenvalue weighted by atomic mass is 16.5. The monoisotopic (exact) mass is 784 g/mol. The molecule has 324 valence electrons. The van der Waals surface area contributed by atoms with E-state index in [1.165, 1.54) is 89.9 Å². The number of carbonyl (C=O) groups is 2. The molecular formula is C50H89NO5. The Morgan fingerprint density at radius 3 is 1.45 bits per heavy atom. The van der Waals surface area contributed by atoms with Crippen molar-refractivity contribution in [3.63, 3.8) is 0 Å². The first-order valence-electron chi connectivity index (χ1n) is 23.6. The molecule has 6 heteroatoms. The molecule has 0 saturated carbocycles. The van der Waals surface area contributed by atoms with Crippen molar-refractivity contribution in [2.24, 2.45) is 0 Å². The molecule has 3 N–H and O–H groups in total. The van der Waals surface area contributed by atoms with Crippen molar-refractivity contribution < 1.29 is 24.5 Å². The predicted molar refractivity (Wildman–Crippen MR) is 241 cm³/mol. The van der Waals surface area contributed by atoms with Crippen LogP contribution in [0.5, 0.6) is 0 Å². The standard InChI is InChI=1S/C50H89NO5/c1-4-7-10-13-16-18-20-22-23-24-25-26-27-29-31-34-37-40-43-50(55)56-46(41-38-35-32-15-12-9-6-3)44-49(54)51-47(45-52)48(53)42-39-36-33-30-28-21-19-17-14-11-8-5-2/h10,13,16,18,20,22-26,46-48,52-53H,4-9,11-12,14-15,17,19,21,27-45H2,1-3H3,(H,51,54)/b13-10+,18-16+,22-20+,24-23+,26-25+. The topological polar surface area (TPSA) is 95.9 Å². The maximum Gasteiger partial charge on any atom is 0.306 e. The summed E-state index contributed by atoms with van der Waals surface area (Å²) in [4.78, 5) is 25.9. The molecule has 3 unspecified atom stereocenters. The SMILES string of the molecule is CCC/C=C/C=C/C=C/C=C/C=C/CCCCCCCC(=O)OC(CCCCCCCCC)CC(=O)NC(CO)C(O)CCCCCCCCCCCCCC. The van der Waals surface area contributed by atoms with E-state index in [4.69, 9.17) is 4.74 Å². The van der Waals surface area contributed by atoms with Gasteiger partial charge in [0.05, 0.1) is 25.2 Å². The first-order chi connectivity index (χ1) is 27.5. The third-order valence-corrected chi connectivity index (χ3v) is 10.5. The lowest BCUT2D eigenvalue weighted by Gasteiger charge is -2.24. The second kappa shape index (κ2) is 43.7. The molecule has 0 rings (SSSR count). The van der Waals surface area contributed by atoms with Gasteiger partial charge in [0, 0.05) is 6.42 Å². The van der Waals surface area contributed by atoms with E-state index in [1.54, 1.807) is 0 Å². The third kappa shape index (κ3) is 38.4. The molecule has 0 radical (unpaired) electrons. The lowest BCUT2D eigenvalue weighted by molar-refractivity contribution is -0.151. The van der Waals surface area contributed by atoms with Crippen LogP contribution in [-0.4, -0.2) is 46.9 Å². The molecule has 3 atom stereocenters. The molecule has 0 saturated heterocycles. The smallest absolute Gasteiger partial charge is 0.306 e. The van der Waals surface area contributed by atoms with Crippen molar-refractivity contribution in [3.8, 4) is 0 Å². The second-order valence-corrected chi connectivity index (χ2v) is 15.9. The van der Waals surface area contributed by atoms with Gasteiger partial charge < -0.3 is 20.3 Å². The lowest BCUT2D eigenvalue weighted by atomic mass is 10.0. The molecule has 0 aliphatic heterocycles. The summed E-state index contributed by atoms with van der Waals surface area (Å²) in [6.07, 6.45) is 52.8. The van der Waals surface area contributed by atoms with Crippen LogP contribution < -0.4 is 5.32 Å². The summed E-state index contributed by atoms with van der Waals surface area (Å²) in [6, 6.07) is -0.704. The first-order valence-corrected chi connectivity index (χ1v) is 23.6. The van der Waals surface area contributed by atoms with E-state index in [1.807, 2.05) is 24.3 Å². The van der Waals surface area contributed by atoms with Gasteiger partial charge in [-0.3, -0.25) is 9.59 Å². The normalized spacial score (nSPS) is 13.9. The van der Waals surface area contributed by atoms with E-state index < -0.39 is 18.2 Å². The van der Waals surface area contributed by atoms with Crippen molar-refractivity contribution in [2.45, 2.75) is 238 Å². The van der Waals surface area contributed by atoms with Gasteiger partial charge in [0.25, 0.3) is 0 Å². The summed E-state index contributed by atoms with van der Waals surface area (Å²) in [5.41, 5.74) is 0. The van der Waals surface area contributed by atoms with Gasteiger partial charge in [-0.25, -0.2) is 0 Å². The largest absolute Gasteiger partial charge is 0.462 e. The summed E-state index contributed by atoms with van der Waals surface area (Å²) in [7, 11) is 0. The summed E-state index contributed by atoms with van der Waals surface area (Å²) >= 11 is 0. The Kier molecular flexibility index (Phi) is 41.8. The molecule has 0 aliphatic rings. The van der Waals surface area contributed by atoms with Crippen molar-refractivity contribution in [3.05, 3.63) is 60.8 Å². The predicted octanol–water partition coefficient (Wildman–Crippen LogP) is 13.7. The van der Waals surface area contributed by atoms with Gasteiger partial charge in [-0.1, -0.05) is 223 Å². The average molecular weight is 784 g/mol. The Labute approximate surface area is 346 Å². The molecule has 0 aromatic carbocycles. The Bertz CT molecular complexity index is 1010. The van der Waals surface area contributed by atoms with Crippen LogP contribution in [0.2, 0.25) is 0 Å². The minimum absolute atomic E-state index is 0.0656. The van der Waals surface area contributed by atoms with Gasteiger partial charge >= 0.3 is 5.97 Å². The number of esters is 1. The lowest BCUT2D eigenvalue weighted by Crippen LogP contribution is -2.46. The Morgan fingerprint density at radius 2 is 0.946 bits per heavy atom. The molecule has 0 aliphatic carbocycles. The number of hydrogen-bond acceptors (Lipinski definition) is 5. The van der Waals surface area contributed by atoms with Gasteiger partial charge in [-0.2, -0.15) is 0 Å². The quantitative estimate of drug-likeness (QED) is 0.0326. The minimum atomic E-state index is -0.790. The van der Waals surface area contributed by atoms with E-state index in [0.717, 1.165) is 83.5 Å². The van der Waals surface area contributed by atoms with E-state index >= 15 is 0 Å². The van der Waals surface area contributed by atoms with Crippen LogP contribution in [0.3, 0.4) is 0 Å². The molecule has 0 bridgehead atoms. The Hall–Kier alpha value is -2.44. The van der Waals surface area contributed by atoms with Crippen molar-refractivity contribution >= 4 is 11.9 Å². The van der Waals surface area contributed by atoms with Gasteiger partial charge in [0.1, 0.15) is 6.10 Å². The first kappa shape index (κ1) is 53.6. The minimum Gasteiger partial charge on any atom is -0.462 e. The number of hydrogen-bond donors (Lipinski definition) is 3. The fourth-order valence-electron chi connectivity index (χ4n) is 6.87. The highest BCUT2D eigenvalue weighted by Gasteiger charge is 2.24. The van der Waals surface area contributed by atoms with Gasteiger partial charge in [-0.05, 0) is 44.9 Å². The average Bonchev–Trinajstić information content (AvgIpc) is 3.19. The fourth-order valence-corrected chi connectivity index (χ4v) is 6.87. The summed E-state index contributed by atoms with van der Waals surface area (Å²) in [5.74, 6) is -0.508. The summed E-state index contributed by atoms with van der Waals surface area (Å²) in [6.45, 7) is 6.34. The Morgan fingerprint density at radius 1 is 0.518 bits per heavy atom. The van der Waals surface area contributed by atoms with Crippen LogP contribution in [0.25, 0.3) is 0 Å². The van der Waals surface area contributed by atoms with Crippen molar-refractivity contribution in [1.29, 1.82) is 0 Å². The second-order valence-electron chi connectivity index (χ2n) is 15.9. The van der Waals surface area contributed by atoms with E-state index in [2.05, 4.69) is 62.5 Å². The molecule has 0 aromatic heterocycles. The molecule has 56 heavy (non-hydrogen) atoms. The van der Waals surface area contributed by atoms with Crippen LogP contribution in [0.1, 0.15) is 220 Å². The van der Waals surface area contributed by atoms with Crippen LogP contribution in [0.4, 0.5) is 0 Å². The molecule has 0 heterocycles. The van der Waals surface area contributed by atoms with Crippen LogP contribution >= 0.6 is 0 Å². The van der Waals surface area contributed by atoms with Crippen LogP contribution in [0, 0.1) is 0 Å². The highest BCUT2D eigenvalue weighted by molar-refractivity contribution is 5.77. The number of nitrogens with one attached hydrogen (secondary N) is 1. The molecule has 6 nitrogen and oxygen atoms in total. The molecule has 0 spiro atoms. The number of amides is 1. The number of aliphatic hydroxyl groups is 2. The zero-order chi connectivity index (χ0) is 41.0. The number of rotatable bonds is 41. The number of carbonyl (C=O) groups excluding carboxylic acids is 2. The van der Waals surface area contributed by atoms with Gasteiger partial charge in [-0.15, -0.1) is 0 Å². The number of ether oxygens (including phenoxy) is 1. The fraction of sp³-hybridized carbons (Fsp3) is 0.760. The maximum absolute atomic E-state index is 13.1. The number of allylic oxidation sites excluding steroid dienone is 10. The van der Waals surface area contributed by atoms with Gasteiger partial charge in [0.2, 0.25) is 5.91 Å². The van der Waals surface area contributed by atoms with E-state index in [-0.39, 0.29) is 24.9 Å². The molecule has 0 fully saturated rings. The summed E-state index contributed by atoms with van der Waals surface area (Å²) in [5, 5.41) is 23.6. The molecular weight excluding hydrogens is 695 g/mol. The summed E-state index contributed by atoms with van der Waals surface area (Å²) < 4.78 is 5.87. The zero-order valence-corrected chi connectivity index (χ0v) is 36.8. The van der Waals surface area contributed by atoms with Crippen molar-refractivity contribution in [1.82, 2.24) is 5.32 Å². The van der Waals surface area contributed by atoms with Crippen LogP contribution in [-0.2, 0) is 14.3 Å². The third-order valence-electron chi connectivity index (χ3n) is 10.5. The molecule has 0 aromatic rings. The number of aliphatic hydroxyl groups excluding tert-OH is 2.